The van der Waals surface area contributed by atoms with Crippen LogP contribution >= 0.6 is 0 Å². The zero-order valence-corrected chi connectivity index (χ0v) is 14.3. The van der Waals surface area contributed by atoms with Gasteiger partial charge in [-0.25, -0.2) is 18.6 Å². The number of hydrogen-bond donors (Lipinski definition) is 1. The fourth-order valence-electron chi connectivity index (χ4n) is 2.59. The van der Waals surface area contributed by atoms with E-state index in [0.717, 1.165) is 0 Å². The van der Waals surface area contributed by atoms with E-state index in [4.69, 9.17) is 15.2 Å². The fourth-order valence-corrected chi connectivity index (χ4v) is 2.59. The third-order valence-corrected chi connectivity index (χ3v) is 3.78. The summed E-state index contributed by atoms with van der Waals surface area (Å²) in [5.41, 5.74) is 5.54. The van der Waals surface area contributed by atoms with Crippen LogP contribution in [0.15, 0.2) is 12.3 Å². The van der Waals surface area contributed by atoms with Gasteiger partial charge in [0.05, 0.1) is 18.7 Å². The van der Waals surface area contributed by atoms with Crippen molar-refractivity contribution in [2.75, 3.05) is 25.9 Å². The number of halogens is 2. The third kappa shape index (κ3) is 4.04. The smallest absolute Gasteiger partial charge is 0.410 e. The van der Waals surface area contributed by atoms with Crippen molar-refractivity contribution in [2.24, 2.45) is 0 Å². The number of nitrogens with two attached hydrogens (primary N) is 1. The molecule has 0 aliphatic carbocycles. The molecule has 0 aromatic carbocycles. The number of nitrogen functional groups attached to an aromatic ring is 1. The number of methoxy groups -OCH3 is 1. The van der Waals surface area contributed by atoms with Crippen LogP contribution in [0.25, 0.3) is 0 Å². The fraction of sp³-hybridized carbons (Fsp3) is 0.625. The summed E-state index contributed by atoms with van der Waals surface area (Å²) in [6, 6.07) is 1.42. The second-order valence-electron chi connectivity index (χ2n) is 6.86. The van der Waals surface area contributed by atoms with Gasteiger partial charge in [-0.05, 0) is 32.4 Å². The molecule has 1 aliphatic rings. The number of carbonyl (C=O) groups is 1. The van der Waals surface area contributed by atoms with Crippen LogP contribution in [0.4, 0.5) is 19.3 Å². The number of rotatable bonds is 2. The van der Waals surface area contributed by atoms with Gasteiger partial charge in [0, 0.05) is 25.7 Å². The monoisotopic (exact) mass is 343 g/mol. The van der Waals surface area contributed by atoms with Crippen LogP contribution in [-0.2, 0) is 4.74 Å². The number of carbonyl (C=O) groups excluding carboxylic acids is 1. The first-order valence-electron chi connectivity index (χ1n) is 7.68. The number of aromatic nitrogens is 1. The lowest BCUT2D eigenvalue weighted by Crippen LogP contribution is -2.49. The first kappa shape index (κ1) is 18.2. The van der Waals surface area contributed by atoms with Crippen molar-refractivity contribution < 1.29 is 23.0 Å². The van der Waals surface area contributed by atoms with E-state index in [0.29, 0.717) is 0 Å². The van der Waals surface area contributed by atoms with Crippen molar-refractivity contribution in [3.8, 4) is 5.88 Å². The standard InChI is InChI=1S/C16H23F2N3O3/c1-15(2,3)24-14(22)21-6-5-16(17,18)11(9-21)10-7-12(19)13(23-4)20-8-10/h7-8,11H,5-6,9,19H2,1-4H3. The summed E-state index contributed by atoms with van der Waals surface area (Å²) in [5, 5.41) is 0. The van der Waals surface area contributed by atoms with Gasteiger partial charge < -0.3 is 20.1 Å². The highest BCUT2D eigenvalue weighted by atomic mass is 19.3. The average molecular weight is 343 g/mol. The Kier molecular flexibility index (Phi) is 4.87. The van der Waals surface area contributed by atoms with Crippen LogP contribution in [0.5, 0.6) is 5.88 Å². The quantitative estimate of drug-likeness (QED) is 0.893. The zero-order valence-electron chi connectivity index (χ0n) is 14.3. The van der Waals surface area contributed by atoms with Crippen molar-refractivity contribution in [2.45, 2.75) is 44.6 Å². The molecule has 1 atom stereocenters. The van der Waals surface area contributed by atoms with Gasteiger partial charge in [-0.1, -0.05) is 0 Å². The van der Waals surface area contributed by atoms with Gasteiger partial charge in [0.25, 0.3) is 5.92 Å². The van der Waals surface area contributed by atoms with Gasteiger partial charge in [0.2, 0.25) is 5.88 Å². The molecule has 0 radical (unpaired) electrons. The molecule has 2 heterocycles. The Bertz CT molecular complexity index is 617. The second-order valence-corrected chi connectivity index (χ2v) is 6.86. The molecular weight excluding hydrogens is 320 g/mol. The lowest BCUT2D eigenvalue weighted by atomic mass is 9.88. The van der Waals surface area contributed by atoms with Crippen molar-refractivity contribution >= 4 is 11.8 Å². The van der Waals surface area contributed by atoms with Gasteiger partial charge in [-0.15, -0.1) is 0 Å². The average Bonchev–Trinajstić information content (AvgIpc) is 2.45. The van der Waals surface area contributed by atoms with Crippen molar-refractivity contribution in [1.29, 1.82) is 0 Å². The van der Waals surface area contributed by atoms with Crippen LogP contribution in [-0.4, -0.2) is 47.7 Å². The molecule has 1 amide bonds. The van der Waals surface area contributed by atoms with E-state index in [1.807, 2.05) is 0 Å². The highest BCUT2D eigenvalue weighted by Gasteiger charge is 2.46. The van der Waals surface area contributed by atoms with Crippen molar-refractivity contribution in [3.63, 3.8) is 0 Å². The van der Waals surface area contributed by atoms with Gasteiger partial charge >= 0.3 is 6.09 Å². The first-order chi connectivity index (χ1) is 11.0. The van der Waals surface area contributed by atoms with Gasteiger partial charge in [-0.2, -0.15) is 0 Å². The predicted molar refractivity (Wildman–Crippen MR) is 85.3 cm³/mol. The maximum absolute atomic E-state index is 14.4. The molecule has 0 bridgehead atoms. The number of likely N-dealkylation sites (tertiary alicyclic amines) is 1. The molecule has 6 nitrogen and oxygen atoms in total. The summed E-state index contributed by atoms with van der Waals surface area (Å²) in [6.45, 7) is 4.98. The van der Waals surface area contributed by atoms with Crippen LogP contribution in [0, 0.1) is 0 Å². The Morgan fingerprint density at radius 2 is 2.12 bits per heavy atom. The normalized spacial score (nSPS) is 20.6. The molecule has 1 aromatic rings. The largest absolute Gasteiger partial charge is 0.480 e. The molecule has 1 unspecified atom stereocenters. The summed E-state index contributed by atoms with van der Waals surface area (Å²) in [6.07, 6.45) is 0.271. The van der Waals surface area contributed by atoms with Gasteiger partial charge in [0.1, 0.15) is 5.60 Å². The molecule has 1 aliphatic heterocycles. The number of ether oxygens (including phenoxy) is 2. The van der Waals surface area contributed by atoms with E-state index < -0.39 is 30.0 Å². The van der Waals surface area contributed by atoms with Crippen LogP contribution in [0.2, 0.25) is 0 Å². The lowest BCUT2D eigenvalue weighted by molar-refractivity contribution is -0.0771. The van der Waals surface area contributed by atoms with E-state index >= 15 is 0 Å². The number of pyridine rings is 1. The highest BCUT2D eigenvalue weighted by molar-refractivity contribution is 5.68. The van der Waals surface area contributed by atoms with E-state index in [-0.39, 0.29) is 30.2 Å². The molecule has 0 spiro atoms. The Morgan fingerprint density at radius 1 is 1.46 bits per heavy atom. The van der Waals surface area contributed by atoms with Crippen LogP contribution < -0.4 is 10.5 Å². The maximum atomic E-state index is 14.4. The molecule has 8 heteroatoms. The van der Waals surface area contributed by atoms with Gasteiger partial charge in [0.15, 0.2) is 0 Å². The van der Waals surface area contributed by atoms with Crippen molar-refractivity contribution in [3.05, 3.63) is 17.8 Å². The molecule has 2 rings (SSSR count). The number of alkyl halides is 2. The number of nitrogens with zero attached hydrogens (tertiary/aromatic N) is 2. The molecule has 0 saturated carbocycles. The van der Waals surface area contributed by atoms with Crippen molar-refractivity contribution in [1.82, 2.24) is 9.88 Å². The Hall–Kier alpha value is -2.12. The van der Waals surface area contributed by atoms with E-state index in [1.165, 1.54) is 24.3 Å². The summed E-state index contributed by atoms with van der Waals surface area (Å²) in [7, 11) is 1.40. The second kappa shape index (κ2) is 6.41. The third-order valence-electron chi connectivity index (χ3n) is 3.78. The molecular formula is C16H23F2N3O3. The van der Waals surface area contributed by atoms with Crippen LogP contribution in [0.3, 0.4) is 0 Å². The van der Waals surface area contributed by atoms with Crippen LogP contribution in [0.1, 0.15) is 38.7 Å². The van der Waals surface area contributed by atoms with Gasteiger partial charge in [-0.3, -0.25) is 0 Å². The van der Waals surface area contributed by atoms with E-state index in [2.05, 4.69) is 4.98 Å². The Morgan fingerprint density at radius 3 is 2.67 bits per heavy atom. The Balaban J connectivity index is 2.23. The topological polar surface area (TPSA) is 77.7 Å². The number of piperidine rings is 1. The molecule has 1 saturated heterocycles. The maximum Gasteiger partial charge on any atom is 0.410 e. The SMILES string of the molecule is COc1ncc(C2CN(C(=O)OC(C)(C)C)CCC2(F)F)cc1N. The molecule has 1 fully saturated rings. The molecule has 134 valence electrons. The highest BCUT2D eigenvalue weighted by Crippen LogP contribution is 2.41. The number of hydrogen-bond acceptors (Lipinski definition) is 5. The number of amides is 1. The molecule has 24 heavy (non-hydrogen) atoms. The zero-order chi connectivity index (χ0) is 18.1. The summed E-state index contributed by atoms with van der Waals surface area (Å²) >= 11 is 0. The van der Waals surface area contributed by atoms with E-state index in [1.54, 1.807) is 20.8 Å². The number of anilines is 1. The Labute approximate surface area is 139 Å². The molecule has 1 aromatic heterocycles. The minimum atomic E-state index is -2.96. The predicted octanol–water partition coefficient (Wildman–Crippen LogP) is 3.03. The minimum absolute atomic E-state index is 0.0581. The summed E-state index contributed by atoms with van der Waals surface area (Å²) < 4.78 is 38.9. The molecule has 2 N–H and O–H groups in total. The summed E-state index contributed by atoms with van der Waals surface area (Å²) in [5.74, 6) is -3.97. The van der Waals surface area contributed by atoms with E-state index in [9.17, 15) is 13.6 Å². The summed E-state index contributed by atoms with van der Waals surface area (Å²) in [4.78, 5) is 17.4. The lowest BCUT2D eigenvalue weighted by Gasteiger charge is -2.39. The minimum Gasteiger partial charge on any atom is -0.480 e. The first-order valence-corrected chi connectivity index (χ1v) is 7.68.